The van der Waals surface area contributed by atoms with Crippen LogP contribution in [0, 0.1) is 0 Å². The van der Waals surface area contributed by atoms with Gasteiger partial charge in [-0.3, -0.25) is 9.69 Å². The van der Waals surface area contributed by atoms with Gasteiger partial charge in [0.2, 0.25) is 0 Å². The molecule has 3 aromatic rings. The zero-order valence-electron chi connectivity index (χ0n) is 16.4. The first-order chi connectivity index (χ1) is 14.1. The number of rotatable bonds is 7. The van der Waals surface area contributed by atoms with Gasteiger partial charge in [0.25, 0.3) is 5.91 Å². The minimum absolute atomic E-state index is 0.337. The van der Waals surface area contributed by atoms with Gasteiger partial charge >= 0.3 is 5.97 Å². The van der Waals surface area contributed by atoms with Crippen molar-refractivity contribution in [2.24, 2.45) is 0 Å². The molecular formula is C23H23NO4S. The van der Waals surface area contributed by atoms with Crippen LogP contribution in [0.2, 0.25) is 0 Å². The Hall–Kier alpha value is -2.99. The second kappa shape index (κ2) is 9.47. The second-order valence-electron chi connectivity index (χ2n) is 6.42. The quantitative estimate of drug-likeness (QED) is 0.465. The van der Waals surface area contributed by atoms with E-state index in [1.54, 1.807) is 24.3 Å². The fourth-order valence-corrected chi connectivity index (χ4v) is 3.64. The molecule has 0 aliphatic rings. The second-order valence-corrected chi connectivity index (χ2v) is 6.87. The van der Waals surface area contributed by atoms with Gasteiger partial charge in [0.1, 0.15) is 11.8 Å². The predicted octanol–water partition coefficient (Wildman–Crippen LogP) is 4.36. The topological polar surface area (TPSA) is 55.8 Å². The Morgan fingerprint density at radius 2 is 1.66 bits per heavy atom. The number of thiol groups is 1. The van der Waals surface area contributed by atoms with Gasteiger partial charge in [-0.1, -0.05) is 48.5 Å². The third kappa shape index (κ3) is 4.22. The third-order valence-electron chi connectivity index (χ3n) is 4.77. The van der Waals surface area contributed by atoms with Crippen LogP contribution < -0.4 is 9.64 Å². The molecule has 150 valence electrons. The van der Waals surface area contributed by atoms with Gasteiger partial charge in [-0.05, 0) is 35.8 Å². The van der Waals surface area contributed by atoms with Crippen molar-refractivity contribution in [1.82, 2.24) is 0 Å². The normalized spacial score (nSPS) is 11.7. The molecule has 0 N–H and O–H groups in total. The van der Waals surface area contributed by atoms with Crippen molar-refractivity contribution in [3.8, 4) is 5.75 Å². The Morgan fingerprint density at radius 3 is 2.38 bits per heavy atom. The molecule has 0 saturated heterocycles. The highest BCUT2D eigenvalue weighted by atomic mass is 32.1. The first-order valence-corrected chi connectivity index (χ1v) is 9.88. The van der Waals surface area contributed by atoms with Gasteiger partial charge in [-0.2, -0.15) is 12.6 Å². The van der Waals surface area contributed by atoms with E-state index >= 15 is 0 Å². The van der Waals surface area contributed by atoms with E-state index in [9.17, 15) is 9.59 Å². The van der Waals surface area contributed by atoms with E-state index in [0.29, 0.717) is 29.2 Å². The van der Waals surface area contributed by atoms with Crippen molar-refractivity contribution < 1.29 is 19.1 Å². The predicted molar refractivity (Wildman–Crippen MR) is 118 cm³/mol. The Morgan fingerprint density at radius 1 is 0.966 bits per heavy atom. The molecule has 0 heterocycles. The number of ether oxygens (including phenoxy) is 2. The van der Waals surface area contributed by atoms with Gasteiger partial charge in [0.15, 0.2) is 0 Å². The summed E-state index contributed by atoms with van der Waals surface area (Å²) in [6.45, 7) is 0. The highest BCUT2D eigenvalue weighted by Crippen LogP contribution is 2.32. The van der Waals surface area contributed by atoms with Crippen LogP contribution in [0.1, 0.15) is 16.8 Å². The molecule has 1 amide bonds. The molecule has 0 aromatic heterocycles. The first-order valence-electron chi connectivity index (χ1n) is 9.25. The van der Waals surface area contributed by atoms with E-state index in [4.69, 9.17) is 9.47 Å². The maximum atomic E-state index is 13.7. The number of anilines is 1. The summed E-state index contributed by atoms with van der Waals surface area (Å²) in [5, 5.41) is 1.84. The molecule has 5 nitrogen and oxygen atoms in total. The number of fused-ring (bicyclic) bond motifs is 1. The highest BCUT2D eigenvalue weighted by Gasteiger charge is 2.34. The molecule has 6 heteroatoms. The molecule has 0 saturated carbocycles. The van der Waals surface area contributed by atoms with Crippen LogP contribution >= 0.6 is 12.6 Å². The zero-order valence-corrected chi connectivity index (χ0v) is 17.3. The molecule has 29 heavy (non-hydrogen) atoms. The number of para-hydroxylation sites is 1. The van der Waals surface area contributed by atoms with Crippen molar-refractivity contribution in [1.29, 1.82) is 0 Å². The number of nitrogens with zero attached hydrogens (tertiary/aromatic N) is 1. The molecule has 0 unspecified atom stereocenters. The lowest BCUT2D eigenvalue weighted by atomic mass is 10.0. The van der Waals surface area contributed by atoms with Gasteiger partial charge in [0.05, 0.1) is 25.5 Å². The summed E-state index contributed by atoms with van der Waals surface area (Å²) in [5.41, 5.74) is 1.01. The minimum atomic E-state index is -0.819. The van der Waals surface area contributed by atoms with Crippen LogP contribution in [0.5, 0.6) is 5.75 Å². The van der Waals surface area contributed by atoms with E-state index < -0.39 is 12.0 Å². The first kappa shape index (κ1) is 20.7. The summed E-state index contributed by atoms with van der Waals surface area (Å²) in [7, 11) is 2.84. The average Bonchev–Trinajstić information content (AvgIpc) is 2.78. The summed E-state index contributed by atoms with van der Waals surface area (Å²) < 4.78 is 10.4. The average molecular weight is 410 g/mol. The fourth-order valence-electron chi connectivity index (χ4n) is 3.40. The van der Waals surface area contributed by atoms with Crippen LogP contribution in [0.3, 0.4) is 0 Å². The fraction of sp³-hybridized carbons (Fsp3) is 0.217. The van der Waals surface area contributed by atoms with Crippen molar-refractivity contribution in [3.05, 3.63) is 72.3 Å². The number of amides is 1. The van der Waals surface area contributed by atoms with E-state index in [1.165, 1.54) is 19.1 Å². The van der Waals surface area contributed by atoms with Crippen molar-refractivity contribution in [3.63, 3.8) is 0 Å². The van der Waals surface area contributed by atoms with Crippen molar-refractivity contribution >= 4 is 41.0 Å². The number of methoxy groups -OCH3 is 2. The maximum Gasteiger partial charge on any atom is 0.329 e. The Bertz CT molecular complexity index is 1020. The monoisotopic (exact) mass is 409 g/mol. The SMILES string of the molecule is COC(=O)[C@H](CCS)N(C(=O)c1ccccc1OC)c1cccc2ccccc12. The molecular weight excluding hydrogens is 386 g/mol. The smallest absolute Gasteiger partial charge is 0.329 e. The minimum Gasteiger partial charge on any atom is -0.496 e. The summed E-state index contributed by atoms with van der Waals surface area (Å²) in [4.78, 5) is 27.9. The summed E-state index contributed by atoms with van der Waals surface area (Å²) in [6.07, 6.45) is 0.347. The zero-order chi connectivity index (χ0) is 20.8. The molecule has 3 rings (SSSR count). The lowest BCUT2D eigenvalue weighted by Crippen LogP contribution is -2.46. The van der Waals surface area contributed by atoms with Crippen LogP contribution in [0.4, 0.5) is 5.69 Å². The maximum absolute atomic E-state index is 13.7. The van der Waals surface area contributed by atoms with Gasteiger partial charge in [-0.15, -0.1) is 0 Å². The summed E-state index contributed by atoms with van der Waals surface area (Å²) >= 11 is 4.30. The molecule has 0 spiro atoms. The number of hydrogen-bond donors (Lipinski definition) is 1. The number of hydrogen-bond acceptors (Lipinski definition) is 5. The lowest BCUT2D eigenvalue weighted by molar-refractivity contribution is -0.142. The molecule has 0 aliphatic carbocycles. The molecule has 3 aromatic carbocycles. The Kier molecular flexibility index (Phi) is 6.77. The Labute approximate surface area is 175 Å². The number of carbonyl (C=O) groups excluding carboxylic acids is 2. The van der Waals surface area contributed by atoms with Crippen LogP contribution in [-0.2, 0) is 9.53 Å². The Balaban J connectivity index is 2.23. The lowest BCUT2D eigenvalue weighted by Gasteiger charge is -2.31. The van der Waals surface area contributed by atoms with E-state index in [1.807, 2.05) is 42.5 Å². The van der Waals surface area contributed by atoms with Gasteiger partial charge in [0, 0.05) is 5.39 Å². The van der Waals surface area contributed by atoms with Crippen LogP contribution in [-0.4, -0.2) is 37.9 Å². The van der Waals surface area contributed by atoms with E-state index in [0.717, 1.165) is 10.8 Å². The molecule has 0 aliphatic heterocycles. The van der Waals surface area contributed by atoms with E-state index in [-0.39, 0.29) is 5.91 Å². The third-order valence-corrected chi connectivity index (χ3v) is 5.03. The number of benzene rings is 3. The number of esters is 1. The number of carbonyl (C=O) groups is 2. The largest absolute Gasteiger partial charge is 0.496 e. The van der Waals surface area contributed by atoms with Crippen molar-refractivity contribution in [2.45, 2.75) is 12.5 Å². The van der Waals surface area contributed by atoms with Crippen molar-refractivity contribution in [2.75, 3.05) is 24.9 Å². The summed E-state index contributed by atoms with van der Waals surface area (Å²) in [5.74, 6) is 0.0312. The highest BCUT2D eigenvalue weighted by molar-refractivity contribution is 7.80. The van der Waals surface area contributed by atoms with Crippen LogP contribution in [0.15, 0.2) is 66.7 Å². The van der Waals surface area contributed by atoms with Gasteiger partial charge < -0.3 is 9.47 Å². The standard InChI is InChI=1S/C23H23NO4S/c1-27-21-13-6-5-11-18(21)22(25)24(20(14-15-29)23(26)28-2)19-12-7-9-16-8-3-4-10-17(16)19/h3-13,20,29H,14-15H2,1-2H3/t20-/m0/s1. The van der Waals surface area contributed by atoms with E-state index in [2.05, 4.69) is 12.6 Å². The molecule has 0 fully saturated rings. The summed E-state index contributed by atoms with van der Waals surface area (Å²) in [6, 6.07) is 19.6. The molecule has 1 atom stereocenters. The molecule has 0 radical (unpaired) electrons. The molecule has 0 bridgehead atoms. The van der Waals surface area contributed by atoms with Gasteiger partial charge in [-0.25, -0.2) is 4.79 Å². The van der Waals surface area contributed by atoms with Crippen LogP contribution in [0.25, 0.3) is 10.8 Å².